The van der Waals surface area contributed by atoms with E-state index in [1.54, 1.807) is 18.2 Å². The molecule has 0 amide bonds. The third kappa shape index (κ3) is 4.83. The molecule has 0 saturated carbocycles. The lowest BCUT2D eigenvalue weighted by atomic mass is 10.0. The van der Waals surface area contributed by atoms with Crippen LogP contribution in [-0.4, -0.2) is 36.7 Å². The number of aliphatic carboxylic acids is 1. The van der Waals surface area contributed by atoms with E-state index < -0.39 is 5.97 Å². The Kier molecular flexibility index (Phi) is 6.73. The summed E-state index contributed by atoms with van der Waals surface area (Å²) < 4.78 is 5.78. The molecule has 0 aromatic heterocycles. The van der Waals surface area contributed by atoms with Crippen molar-refractivity contribution in [3.05, 3.63) is 65.2 Å². The number of nitrogens with zero attached hydrogens (tertiary/aromatic N) is 2. The Morgan fingerprint density at radius 2 is 1.65 bits per heavy atom. The number of hydrogen-bond donors (Lipinski definition) is 1. The van der Waals surface area contributed by atoms with Crippen LogP contribution >= 0.6 is 0 Å². The van der Waals surface area contributed by atoms with Gasteiger partial charge in [-0.2, -0.15) is 0 Å². The lowest BCUT2D eigenvalue weighted by molar-refractivity contribution is -0.129. The molecule has 0 atom stereocenters. The van der Waals surface area contributed by atoms with Gasteiger partial charge in [-0.15, -0.1) is 0 Å². The molecular formula is C19H20N2O5. The van der Waals surface area contributed by atoms with E-state index in [0.29, 0.717) is 16.9 Å². The molecule has 0 radical (unpaired) electrons. The second-order valence-corrected chi connectivity index (χ2v) is 5.26. The normalized spacial score (nSPS) is 11.8. The minimum atomic E-state index is -1.17. The predicted octanol–water partition coefficient (Wildman–Crippen LogP) is 3.07. The Hall–Kier alpha value is -3.35. The fraction of sp³-hybridized carbons (Fsp3) is 0.211. The third-order valence-corrected chi connectivity index (χ3v) is 3.55. The second-order valence-electron chi connectivity index (χ2n) is 5.26. The highest BCUT2D eigenvalue weighted by molar-refractivity contribution is 6.42. The summed E-state index contributed by atoms with van der Waals surface area (Å²) in [5, 5.41) is 16.8. The fourth-order valence-corrected chi connectivity index (χ4v) is 2.31. The highest BCUT2D eigenvalue weighted by Gasteiger charge is 2.17. The number of rotatable bonds is 8. The zero-order valence-electron chi connectivity index (χ0n) is 14.8. The fourth-order valence-electron chi connectivity index (χ4n) is 2.31. The quantitative estimate of drug-likeness (QED) is 0.580. The van der Waals surface area contributed by atoms with Crippen molar-refractivity contribution in [2.24, 2.45) is 10.3 Å². The van der Waals surface area contributed by atoms with Crippen LogP contribution < -0.4 is 4.74 Å². The predicted molar refractivity (Wildman–Crippen MR) is 97.6 cm³/mol. The Balaban J connectivity index is 2.17. The zero-order valence-corrected chi connectivity index (χ0v) is 14.8. The summed E-state index contributed by atoms with van der Waals surface area (Å²) in [5.74, 6) is -0.522. The number of hydrogen-bond acceptors (Lipinski definition) is 6. The molecule has 136 valence electrons. The Morgan fingerprint density at radius 3 is 2.27 bits per heavy atom. The maximum atomic E-state index is 11.4. The zero-order chi connectivity index (χ0) is 18.9. The maximum absolute atomic E-state index is 11.4. The Bertz CT molecular complexity index is 813. The van der Waals surface area contributed by atoms with Gasteiger partial charge in [0.2, 0.25) is 0 Å². The molecule has 2 aromatic carbocycles. The largest absolute Gasteiger partial charge is 0.489 e. The van der Waals surface area contributed by atoms with Gasteiger partial charge in [-0.3, -0.25) is 0 Å². The molecule has 2 rings (SSSR count). The molecule has 0 unspecified atom stereocenters. The molecule has 1 N–H and O–H groups in total. The first-order valence-electron chi connectivity index (χ1n) is 7.80. The molecule has 0 spiro atoms. The smallest absolute Gasteiger partial charge is 0.358 e. The highest BCUT2D eigenvalue weighted by atomic mass is 16.6. The van der Waals surface area contributed by atoms with Crippen molar-refractivity contribution < 1.29 is 24.3 Å². The summed E-state index contributed by atoms with van der Waals surface area (Å²) >= 11 is 0. The number of carbonyl (C=O) groups is 1. The van der Waals surface area contributed by atoms with E-state index in [4.69, 9.17) is 9.57 Å². The number of carboxylic acid groups (broad SMARTS) is 1. The van der Waals surface area contributed by atoms with Gasteiger partial charge in [0.05, 0.1) is 5.71 Å². The van der Waals surface area contributed by atoms with Gasteiger partial charge in [-0.05, 0) is 42.3 Å². The van der Waals surface area contributed by atoms with Crippen LogP contribution in [0.3, 0.4) is 0 Å². The SMILES string of the molecule is CON=C(C)c1ccc(OCc2ccccc2C(=NOC)C(=O)O)cc1. The second kappa shape index (κ2) is 9.22. The first-order valence-corrected chi connectivity index (χ1v) is 7.80. The molecule has 0 aliphatic carbocycles. The van der Waals surface area contributed by atoms with Crippen LogP contribution in [0.15, 0.2) is 58.8 Å². The summed E-state index contributed by atoms with van der Waals surface area (Å²) in [7, 11) is 2.80. The van der Waals surface area contributed by atoms with Gasteiger partial charge in [-0.25, -0.2) is 4.79 Å². The molecule has 0 heterocycles. The van der Waals surface area contributed by atoms with Crippen molar-refractivity contribution >= 4 is 17.4 Å². The van der Waals surface area contributed by atoms with Crippen LogP contribution in [0.1, 0.15) is 23.6 Å². The van der Waals surface area contributed by atoms with Crippen LogP contribution in [0.4, 0.5) is 0 Å². The van der Waals surface area contributed by atoms with E-state index in [-0.39, 0.29) is 12.3 Å². The number of carboxylic acids is 1. The molecule has 0 bridgehead atoms. The van der Waals surface area contributed by atoms with Crippen LogP contribution in [-0.2, 0) is 21.1 Å². The Labute approximate surface area is 151 Å². The lowest BCUT2D eigenvalue weighted by Gasteiger charge is -2.11. The topological polar surface area (TPSA) is 89.7 Å². The monoisotopic (exact) mass is 356 g/mol. The molecule has 7 nitrogen and oxygen atoms in total. The lowest BCUT2D eigenvalue weighted by Crippen LogP contribution is -2.17. The van der Waals surface area contributed by atoms with Crippen LogP contribution in [0.2, 0.25) is 0 Å². The minimum absolute atomic E-state index is 0.173. The van der Waals surface area contributed by atoms with Crippen molar-refractivity contribution in [2.75, 3.05) is 14.2 Å². The average molecular weight is 356 g/mol. The van der Waals surface area contributed by atoms with Crippen molar-refractivity contribution in [2.45, 2.75) is 13.5 Å². The first kappa shape index (κ1) is 19.0. The summed E-state index contributed by atoms with van der Waals surface area (Å²) in [6, 6.07) is 14.4. The van der Waals surface area contributed by atoms with Crippen LogP contribution in [0, 0.1) is 0 Å². The number of benzene rings is 2. The summed E-state index contributed by atoms with van der Waals surface area (Å²) in [6.07, 6.45) is 0. The molecular weight excluding hydrogens is 336 g/mol. The van der Waals surface area contributed by atoms with Gasteiger partial charge in [0.25, 0.3) is 0 Å². The van der Waals surface area contributed by atoms with E-state index in [0.717, 1.165) is 11.3 Å². The van der Waals surface area contributed by atoms with Gasteiger partial charge in [0.15, 0.2) is 5.71 Å². The van der Waals surface area contributed by atoms with Gasteiger partial charge >= 0.3 is 5.97 Å². The molecule has 0 aliphatic heterocycles. The van der Waals surface area contributed by atoms with E-state index in [1.807, 2.05) is 37.3 Å². The van der Waals surface area contributed by atoms with Gasteiger partial charge in [-0.1, -0.05) is 34.6 Å². The summed E-state index contributed by atoms with van der Waals surface area (Å²) in [4.78, 5) is 20.8. The van der Waals surface area contributed by atoms with Gasteiger partial charge in [0.1, 0.15) is 26.6 Å². The number of ether oxygens (including phenoxy) is 1. The van der Waals surface area contributed by atoms with Crippen molar-refractivity contribution in [3.63, 3.8) is 0 Å². The maximum Gasteiger partial charge on any atom is 0.358 e. The third-order valence-electron chi connectivity index (χ3n) is 3.55. The molecule has 0 fully saturated rings. The van der Waals surface area contributed by atoms with Crippen molar-refractivity contribution in [1.29, 1.82) is 0 Å². The molecule has 0 saturated heterocycles. The average Bonchev–Trinajstić information content (AvgIpc) is 2.65. The van der Waals surface area contributed by atoms with E-state index >= 15 is 0 Å². The van der Waals surface area contributed by atoms with E-state index in [2.05, 4.69) is 15.1 Å². The minimum Gasteiger partial charge on any atom is -0.489 e. The first-order chi connectivity index (χ1) is 12.6. The standard InChI is InChI=1S/C19H20N2O5/c1-13(20-24-2)14-8-10-16(11-9-14)26-12-15-6-4-5-7-17(15)18(19(22)23)21-25-3/h4-11H,12H2,1-3H3,(H,22,23). The highest BCUT2D eigenvalue weighted by Crippen LogP contribution is 2.17. The van der Waals surface area contributed by atoms with Crippen molar-refractivity contribution in [1.82, 2.24) is 0 Å². The molecule has 7 heteroatoms. The van der Waals surface area contributed by atoms with Gasteiger partial charge < -0.3 is 19.5 Å². The van der Waals surface area contributed by atoms with E-state index in [1.165, 1.54) is 14.2 Å². The summed E-state index contributed by atoms with van der Waals surface area (Å²) in [6.45, 7) is 2.04. The van der Waals surface area contributed by atoms with E-state index in [9.17, 15) is 9.90 Å². The number of oxime groups is 2. The van der Waals surface area contributed by atoms with Gasteiger partial charge in [0, 0.05) is 5.56 Å². The molecule has 0 aliphatic rings. The Morgan fingerprint density at radius 1 is 1.00 bits per heavy atom. The summed E-state index contributed by atoms with van der Waals surface area (Å²) in [5.41, 5.74) is 2.63. The molecule has 2 aromatic rings. The molecule has 26 heavy (non-hydrogen) atoms. The van der Waals surface area contributed by atoms with Crippen LogP contribution in [0.5, 0.6) is 5.75 Å². The van der Waals surface area contributed by atoms with Crippen LogP contribution in [0.25, 0.3) is 0 Å². The van der Waals surface area contributed by atoms with Crippen molar-refractivity contribution in [3.8, 4) is 5.75 Å².